The molecule has 0 radical (unpaired) electrons. The van der Waals surface area contributed by atoms with Gasteiger partial charge in [-0.05, 0) is 25.1 Å². The van der Waals surface area contributed by atoms with Crippen LogP contribution in [0.3, 0.4) is 0 Å². The van der Waals surface area contributed by atoms with Crippen LogP contribution in [0.15, 0.2) is 24.3 Å². The molecule has 0 saturated heterocycles. The lowest BCUT2D eigenvalue weighted by Gasteiger charge is -2.19. The molecule has 0 atom stereocenters. The first-order valence-electron chi connectivity index (χ1n) is 6.18. The lowest BCUT2D eigenvalue weighted by molar-refractivity contribution is -0.143. The highest BCUT2D eigenvalue weighted by Crippen LogP contribution is 2.30. The van der Waals surface area contributed by atoms with Gasteiger partial charge in [0.2, 0.25) is 0 Å². The SMILES string of the molecule is CCN(CCO)C(=O)C(=O)Nc1cccc(C(F)(F)F)c1. The Balaban J connectivity index is 2.81. The number of hydrogen-bond donors (Lipinski definition) is 2. The van der Waals surface area contributed by atoms with Crippen molar-refractivity contribution in [3.63, 3.8) is 0 Å². The summed E-state index contributed by atoms with van der Waals surface area (Å²) in [5.74, 6) is -1.96. The molecular formula is C13H15F3N2O3. The fourth-order valence-electron chi connectivity index (χ4n) is 1.63. The molecule has 0 saturated carbocycles. The first-order chi connectivity index (χ1) is 9.79. The second kappa shape index (κ2) is 7.07. The van der Waals surface area contributed by atoms with Crippen molar-refractivity contribution in [1.29, 1.82) is 0 Å². The molecular weight excluding hydrogens is 289 g/mol. The molecule has 0 unspecified atom stereocenters. The number of likely N-dealkylation sites (N-methyl/N-ethyl adjacent to an activating group) is 1. The normalized spacial score (nSPS) is 11.1. The summed E-state index contributed by atoms with van der Waals surface area (Å²) in [6.07, 6.45) is -4.53. The topological polar surface area (TPSA) is 69.6 Å². The van der Waals surface area contributed by atoms with E-state index in [-0.39, 0.29) is 25.4 Å². The van der Waals surface area contributed by atoms with Gasteiger partial charge in [0.25, 0.3) is 0 Å². The minimum Gasteiger partial charge on any atom is -0.395 e. The third-order valence-electron chi connectivity index (χ3n) is 2.68. The van der Waals surface area contributed by atoms with E-state index in [1.54, 1.807) is 6.92 Å². The van der Waals surface area contributed by atoms with Crippen molar-refractivity contribution in [2.24, 2.45) is 0 Å². The number of carbonyl (C=O) groups excluding carboxylic acids is 2. The van der Waals surface area contributed by atoms with E-state index in [1.165, 1.54) is 6.07 Å². The Morgan fingerprint density at radius 2 is 2.00 bits per heavy atom. The van der Waals surface area contributed by atoms with Gasteiger partial charge in [0.05, 0.1) is 12.2 Å². The predicted molar refractivity (Wildman–Crippen MR) is 69.4 cm³/mol. The minimum atomic E-state index is -4.53. The third kappa shape index (κ3) is 4.75. The fourth-order valence-corrected chi connectivity index (χ4v) is 1.63. The Labute approximate surface area is 119 Å². The molecule has 0 aliphatic rings. The predicted octanol–water partition coefficient (Wildman–Crippen LogP) is 1.48. The van der Waals surface area contributed by atoms with Crippen LogP contribution in [0.5, 0.6) is 0 Å². The van der Waals surface area contributed by atoms with E-state index in [1.807, 2.05) is 0 Å². The van der Waals surface area contributed by atoms with Crippen LogP contribution in [-0.2, 0) is 15.8 Å². The van der Waals surface area contributed by atoms with Crippen LogP contribution in [0.1, 0.15) is 12.5 Å². The average molecular weight is 304 g/mol. The number of nitrogens with one attached hydrogen (secondary N) is 1. The number of aliphatic hydroxyl groups is 1. The summed E-state index contributed by atoms with van der Waals surface area (Å²) in [4.78, 5) is 24.5. The van der Waals surface area contributed by atoms with E-state index < -0.39 is 23.6 Å². The quantitative estimate of drug-likeness (QED) is 0.828. The molecule has 2 N–H and O–H groups in total. The smallest absolute Gasteiger partial charge is 0.395 e. The number of benzene rings is 1. The molecule has 0 aliphatic heterocycles. The molecule has 2 amide bonds. The van der Waals surface area contributed by atoms with Gasteiger partial charge < -0.3 is 15.3 Å². The van der Waals surface area contributed by atoms with Gasteiger partial charge in [0.15, 0.2) is 0 Å². The summed E-state index contributed by atoms with van der Waals surface area (Å²) >= 11 is 0. The van der Waals surface area contributed by atoms with Crippen LogP contribution in [0, 0.1) is 0 Å². The van der Waals surface area contributed by atoms with Gasteiger partial charge in [-0.25, -0.2) is 0 Å². The molecule has 0 aromatic heterocycles. The summed E-state index contributed by atoms with van der Waals surface area (Å²) < 4.78 is 37.6. The maximum atomic E-state index is 12.5. The second-order valence-electron chi connectivity index (χ2n) is 4.14. The first-order valence-corrected chi connectivity index (χ1v) is 6.18. The molecule has 5 nitrogen and oxygen atoms in total. The molecule has 8 heteroatoms. The molecule has 1 aromatic carbocycles. The molecule has 0 fully saturated rings. The number of alkyl halides is 3. The first kappa shape index (κ1) is 17.0. The third-order valence-corrected chi connectivity index (χ3v) is 2.68. The molecule has 0 bridgehead atoms. The fraction of sp³-hybridized carbons (Fsp3) is 0.385. The van der Waals surface area contributed by atoms with Gasteiger partial charge in [-0.3, -0.25) is 9.59 Å². The van der Waals surface area contributed by atoms with Crippen molar-refractivity contribution in [3.8, 4) is 0 Å². The van der Waals surface area contributed by atoms with Crippen molar-refractivity contribution >= 4 is 17.5 Å². The van der Waals surface area contributed by atoms with E-state index in [0.717, 1.165) is 23.1 Å². The van der Waals surface area contributed by atoms with Gasteiger partial charge >= 0.3 is 18.0 Å². The lowest BCUT2D eigenvalue weighted by Crippen LogP contribution is -2.41. The molecule has 0 aliphatic carbocycles. The molecule has 0 spiro atoms. The highest BCUT2D eigenvalue weighted by molar-refractivity contribution is 6.39. The van der Waals surface area contributed by atoms with E-state index in [2.05, 4.69) is 5.32 Å². The monoisotopic (exact) mass is 304 g/mol. The number of aliphatic hydroxyl groups excluding tert-OH is 1. The van der Waals surface area contributed by atoms with Crippen molar-refractivity contribution in [1.82, 2.24) is 4.90 Å². The van der Waals surface area contributed by atoms with E-state index in [4.69, 9.17) is 5.11 Å². The van der Waals surface area contributed by atoms with Crippen LogP contribution < -0.4 is 5.32 Å². The molecule has 1 rings (SSSR count). The molecule has 21 heavy (non-hydrogen) atoms. The number of amides is 2. The summed E-state index contributed by atoms with van der Waals surface area (Å²) in [5, 5.41) is 10.9. The Morgan fingerprint density at radius 1 is 1.33 bits per heavy atom. The Hall–Kier alpha value is -2.09. The van der Waals surface area contributed by atoms with Gasteiger partial charge in [0, 0.05) is 18.8 Å². The minimum absolute atomic E-state index is 0.0225. The lowest BCUT2D eigenvalue weighted by atomic mass is 10.2. The Bertz CT molecular complexity index is 518. The van der Waals surface area contributed by atoms with E-state index in [0.29, 0.717) is 0 Å². The summed E-state index contributed by atoms with van der Waals surface area (Å²) in [5.41, 5.74) is -1.04. The van der Waals surface area contributed by atoms with Gasteiger partial charge in [0.1, 0.15) is 0 Å². The van der Waals surface area contributed by atoms with Crippen molar-refractivity contribution in [3.05, 3.63) is 29.8 Å². The zero-order chi connectivity index (χ0) is 16.0. The Kier molecular flexibility index (Phi) is 5.71. The van der Waals surface area contributed by atoms with Crippen LogP contribution >= 0.6 is 0 Å². The number of anilines is 1. The number of hydrogen-bond acceptors (Lipinski definition) is 3. The largest absolute Gasteiger partial charge is 0.416 e. The van der Waals surface area contributed by atoms with Crippen LogP contribution in [-0.4, -0.2) is 41.5 Å². The number of nitrogens with zero attached hydrogens (tertiary/aromatic N) is 1. The molecule has 116 valence electrons. The summed E-state index contributed by atoms with van der Waals surface area (Å²) in [6.45, 7) is 1.49. The summed E-state index contributed by atoms with van der Waals surface area (Å²) in [6, 6.07) is 3.99. The van der Waals surface area contributed by atoms with Crippen LogP contribution in [0.25, 0.3) is 0 Å². The van der Waals surface area contributed by atoms with E-state index in [9.17, 15) is 22.8 Å². The second-order valence-corrected chi connectivity index (χ2v) is 4.14. The highest BCUT2D eigenvalue weighted by atomic mass is 19.4. The van der Waals surface area contributed by atoms with Gasteiger partial charge in [-0.1, -0.05) is 6.07 Å². The van der Waals surface area contributed by atoms with Gasteiger partial charge in [-0.2, -0.15) is 13.2 Å². The van der Waals surface area contributed by atoms with E-state index >= 15 is 0 Å². The summed E-state index contributed by atoms with van der Waals surface area (Å²) in [7, 11) is 0. The number of rotatable bonds is 4. The number of halogens is 3. The van der Waals surface area contributed by atoms with Crippen molar-refractivity contribution in [2.45, 2.75) is 13.1 Å². The zero-order valence-electron chi connectivity index (χ0n) is 11.3. The molecule has 0 heterocycles. The standard InChI is InChI=1S/C13H15F3N2O3/c1-2-18(6-7-19)12(21)11(20)17-10-5-3-4-9(8-10)13(14,15)16/h3-5,8,19H,2,6-7H2,1H3,(H,17,20). The zero-order valence-corrected chi connectivity index (χ0v) is 11.3. The van der Waals surface area contributed by atoms with Crippen LogP contribution in [0.2, 0.25) is 0 Å². The average Bonchev–Trinajstić information content (AvgIpc) is 2.43. The maximum absolute atomic E-state index is 12.5. The van der Waals surface area contributed by atoms with Crippen molar-refractivity contribution in [2.75, 3.05) is 25.0 Å². The highest BCUT2D eigenvalue weighted by Gasteiger charge is 2.30. The molecule has 1 aromatic rings. The van der Waals surface area contributed by atoms with Gasteiger partial charge in [-0.15, -0.1) is 0 Å². The number of carbonyl (C=O) groups is 2. The Morgan fingerprint density at radius 3 is 2.52 bits per heavy atom. The maximum Gasteiger partial charge on any atom is 0.416 e. The van der Waals surface area contributed by atoms with Crippen LogP contribution in [0.4, 0.5) is 18.9 Å². The van der Waals surface area contributed by atoms with Crippen molar-refractivity contribution < 1.29 is 27.9 Å².